The average Bonchev–Trinajstić information content (AvgIpc) is 2.69. The molecule has 0 aliphatic heterocycles. The highest BCUT2D eigenvalue weighted by Crippen LogP contribution is 2.33. The third-order valence-electron chi connectivity index (χ3n) is 3.72. The van der Waals surface area contributed by atoms with Crippen LogP contribution in [0.4, 0.5) is 0 Å². The number of carbonyl (C=O) groups is 1. The quantitative estimate of drug-likeness (QED) is 0.287. The Morgan fingerprint density at radius 1 is 1.21 bits per heavy atom. The molecule has 0 radical (unpaired) electrons. The van der Waals surface area contributed by atoms with Crippen LogP contribution in [0.25, 0.3) is 0 Å². The summed E-state index contributed by atoms with van der Waals surface area (Å²) in [5.41, 5.74) is 4.33. The van der Waals surface area contributed by atoms with Crippen LogP contribution in [0.15, 0.2) is 68.9 Å². The second kappa shape index (κ2) is 10.2. The van der Waals surface area contributed by atoms with Crippen molar-refractivity contribution in [1.82, 2.24) is 10.4 Å². The number of aromatic nitrogens is 1. The number of hydrogen-bond acceptors (Lipinski definition) is 4. The van der Waals surface area contributed by atoms with Crippen LogP contribution in [0.5, 0.6) is 5.75 Å². The number of halogens is 4. The Balaban J connectivity index is 1.77. The van der Waals surface area contributed by atoms with Crippen LogP contribution in [0, 0.1) is 0 Å². The van der Waals surface area contributed by atoms with Gasteiger partial charge in [0.05, 0.1) is 16.3 Å². The van der Waals surface area contributed by atoms with Crippen LogP contribution >= 0.6 is 55.1 Å². The Labute approximate surface area is 194 Å². The highest BCUT2D eigenvalue weighted by Gasteiger charge is 2.11. The molecule has 0 spiro atoms. The van der Waals surface area contributed by atoms with Crippen molar-refractivity contribution in [3.05, 3.63) is 90.5 Å². The van der Waals surface area contributed by atoms with E-state index < -0.39 is 0 Å². The number of hydrazone groups is 1. The van der Waals surface area contributed by atoms with Gasteiger partial charge in [-0.25, -0.2) is 5.43 Å². The van der Waals surface area contributed by atoms with Crippen molar-refractivity contribution in [2.75, 3.05) is 0 Å². The van der Waals surface area contributed by atoms with E-state index in [-0.39, 0.29) is 12.5 Å². The van der Waals surface area contributed by atoms with E-state index in [9.17, 15) is 4.79 Å². The summed E-state index contributed by atoms with van der Waals surface area (Å²) < 4.78 is 7.50. The van der Waals surface area contributed by atoms with E-state index in [2.05, 4.69) is 47.4 Å². The second-order valence-electron chi connectivity index (χ2n) is 5.77. The van der Waals surface area contributed by atoms with Crippen molar-refractivity contribution >= 4 is 67.2 Å². The lowest BCUT2D eigenvalue weighted by molar-refractivity contribution is 0.0954. The Hall–Kier alpha value is -1.93. The molecule has 148 valence electrons. The number of hydrogen-bond donors (Lipinski definition) is 1. The number of rotatable bonds is 6. The number of carbonyl (C=O) groups excluding carboxylic acids is 1. The molecule has 0 saturated carbocycles. The van der Waals surface area contributed by atoms with Crippen LogP contribution < -0.4 is 10.2 Å². The van der Waals surface area contributed by atoms with Gasteiger partial charge in [-0.2, -0.15) is 5.10 Å². The number of nitrogens with zero attached hydrogens (tertiary/aromatic N) is 2. The van der Waals surface area contributed by atoms with E-state index in [0.717, 1.165) is 14.5 Å². The third kappa shape index (κ3) is 6.02. The molecule has 1 heterocycles. The molecule has 0 unspecified atom stereocenters. The number of benzene rings is 2. The number of nitrogens with one attached hydrogen (secondary N) is 1. The molecule has 0 fully saturated rings. The van der Waals surface area contributed by atoms with Crippen molar-refractivity contribution in [3.63, 3.8) is 0 Å². The zero-order valence-electron chi connectivity index (χ0n) is 14.7. The molecule has 1 aromatic heterocycles. The van der Waals surface area contributed by atoms with Crippen molar-refractivity contribution in [2.45, 2.75) is 6.61 Å². The highest BCUT2D eigenvalue weighted by atomic mass is 79.9. The smallest absolute Gasteiger partial charge is 0.272 e. The van der Waals surface area contributed by atoms with Gasteiger partial charge >= 0.3 is 0 Å². The molecule has 5 nitrogen and oxygen atoms in total. The van der Waals surface area contributed by atoms with Crippen LogP contribution in [0.3, 0.4) is 0 Å². The van der Waals surface area contributed by atoms with Gasteiger partial charge in [-0.05, 0) is 52.3 Å². The van der Waals surface area contributed by atoms with E-state index in [4.69, 9.17) is 27.9 Å². The predicted octanol–water partition coefficient (Wildman–Crippen LogP) is 6.26. The Morgan fingerprint density at radius 2 is 2.03 bits per heavy atom. The molecule has 3 rings (SSSR count). The normalized spacial score (nSPS) is 10.9. The lowest BCUT2D eigenvalue weighted by Crippen LogP contribution is -2.17. The minimum absolute atomic E-state index is 0.235. The fraction of sp³-hybridized carbons (Fsp3) is 0.0500. The molecule has 0 saturated heterocycles. The fourth-order valence-electron chi connectivity index (χ4n) is 2.34. The van der Waals surface area contributed by atoms with Gasteiger partial charge in [0.15, 0.2) is 0 Å². The van der Waals surface area contributed by atoms with Gasteiger partial charge in [-0.3, -0.25) is 9.78 Å². The van der Waals surface area contributed by atoms with Gasteiger partial charge in [0.1, 0.15) is 12.4 Å². The van der Waals surface area contributed by atoms with E-state index in [0.29, 0.717) is 26.9 Å². The Morgan fingerprint density at radius 3 is 2.76 bits per heavy atom. The zero-order chi connectivity index (χ0) is 20.8. The lowest BCUT2D eigenvalue weighted by atomic mass is 10.2. The summed E-state index contributed by atoms with van der Waals surface area (Å²) in [5.74, 6) is 0.192. The minimum atomic E-state index is -0.362. The lowest BCUT2D eigenvalue weighted by Gasteiger charge is -2.13. The van der Waals surface area contributed by atoms with Crippen LogP contribution in [-0.2, 0) is 6.61 Å². The molecule has 0 aliphatic rings. The SMILES string of the molecule is O=C(N/N=C\c1cc(Br)cc(Br)c1OCc1ccc(Cl)cc1Cl)c1cccnc1. The topological polar surface area (TPSA) is 63.6 Å². The van der Waals surface area contributed by atoms with Gasteiger partial charge in [0.25, 0.3) is 5.91 Å². The summed E-state index contributed by atoms with van der Waals surface area (Å²) in [6, 6.07) is 12.2. The molecule has 0 bridgehead atoms. The maximum atomic E-state index is 12.1. The van der Waals surface area contributed by atoms with Gasteiger partial charge in [-0.1, -0.05) is 45.2 Å². The standard InChI is InChI=1S/C20H13Br2Cl2N3O2/c21-15-6-14(10-26-27-20(28)12-2-1-5-25-9-12)19(17(22)7-15)29-11-13-3-4-16(23)8-18(13)24/h1-10H,11H2,(H,27,28)/b26-10-. The van der Waals surface area contributed by atoms with Crippen LogP contribution in [0.2, 0.25) is 10.0 Å². The molecular weight excluding hydrogens is 545 g/mol. The molecule has 9 heteroatoms. The number of ether oxygens (including phenoxy) is 1. The number of pyridine rings is 1. The summed E-state index contributed by atoms with van der Waals surface area (Å²) in [6.07, 6.45) is 4.56. The summed E-state index contributed by atoms with van der Waals surface area (Å²) in [5, 5.41) is 5.10. The first-order valence-electron chi connectivity index (χ1n) is 8.23. The van der Waals surface area contributed by atoms with E-state index in [1.165, 1.54) is 12.4 Å². The Bertz CT molecular complexity index is 1060. The van der Waals surface area contributed by atoms with Crippen molar-refractivity contribution < 1.29 is 9.53 Å². The third-order valence-corrected chi connectivity index (χ3v) is 5.35. The first-order chi connectivity index (χ1) is 13.9. The molecule has 2 aromatic carbocycles. The molecule has 3 aromatic rings. The molecule has 0 aliphatic carbocycles. The maximum absolute atomic E-state index is 12.1. The highest BCUT2D eigenvalue weighted by molar-refractivity contribution is 9.11. The summed E-state index contributed by atoms with van der Waals surface area (Å²) in [6.45, 7) is 0.235. The van der Waals surface area contributed by atoms with Crippen LogP contribution in [-0.4, -0.2) is 17.1 Å². The monoisotopic (exact) mass is 555 g/mol. The first kappa shape index (κ1) is 21.8. The van der Waals surface area contributed by atoms with E-state index in [1.807, 2.05) is 12.1 Å². The largest absolute Gasteiger partial charge is 0.487 e. The van der Waals surface area contributed by atoms with Gasteiger partial charge in [0, 0.05) is 38.0 Å². The molecular formula is C20H13Br2Cl2N3O2. The van der Waals surface area contributed by atoms with Gasteiger partial charge < -0.3 is 4.74 Å². The van der Waals surface area contributed by atoms with E-state index >= 15 is 0 Å². The second-order valence-corrected chi connectivity index (χ2v) is 8.38. The first-order valence-corrected chi connectivity index (χ1v) is 10.6. The van der Waals surface area contributed by atoms with E-state index in [1.54, 1.807) is 36.5 Å². The molecule has 29 heavy (non-hydrogen) atoms. The summed E-state index contributed by atoms with van der Waals surface area (Å²) in [4.78, 5) is 16.0. The van der Waals surface area contributed by atoms with Gasteiger partial charge in [-0.15, -0.1) is 0 Å². The summed E-state index contributed by atoms with van der Waals surface area (Å²) in [7, 11) is 0. The molecule has 0 atom stereocenters. The minimum Gasteiger partial charge on any atom is -0.487 e. The van der Waals surface area contributed by atoms with Crippen molar-refractivity contribution in [1.29, 1.82) is 0 Å². The number of amides is 1. The Kier molecular flexibility index (Phi) is 7.66. The van der Waals surface area contributed by atoms with Crippen molar-refractivity contribution in [2.24, 2.45) is 5.10 Å². The molecule has 1 N–H and O–H groups in total. The predicted molar refractivity (Wildman–Crippen MR) is 122 cm³/mol. The van der Waals surface area contributed by atoms with Gasteiger partial charge in [0.2, 0.25) is 0 Å². The molecule has 1 amide bonds. The zero-order valence-corrected chi connectivity index (χ0v) is 19.4. The van der Waals surface area contributed by atoms with Crippen LogP contribution in [0.1, 0.15) is 21.5 Å². The maximum Gasteiger partial charge on any atom is 0.272 e. The fourth-order valence-corrected chi connectivity index (χ4v) is 4.17. The summed E-state index contributed by atoms with van der Waals surface area (Å²) >= 11 is 19.1. The van der Waals surface area contributed by atoms with Crippen molar-refractivity contribution in [3.8, 4) is 5.75 Å². The average molecular weight is 558 g/mol.